The van der Waals surface area contributed by atoms with E-state index in [1.807, 2.05) is 31.2 Å². The van der Waals surface area contributed by atoms with E-state index in [0.29, 0.717) is 6.54 Å². The van der Waals surface area contributed by atoms with Gasteiger partial charge in [-0.25, -0.2) is 4.79 Å². The summed E-state index contributed by atoms with van der Waals surface area (Å²) in [4.78, 5) is 11.8. The number of nitrogens with one attached hydrogen (secondary N) is 2. The van der Waals surface area contributed by atoms with Crippen LogP contribution in [-0.4, -0.2) is 24.3 Å². The molecule has 1 aromatic rings. The Balaban J connectivity index is 1.84. The molecule has 1 fully saturated rings. The highest BCUT2D eigenvalue weighted by atomic mass is 16.3. The van der Waals surface area contributed by atoms with Crippen LogP contribution >= 0.6 is 0 Å². The molecule has 4 nitrogen and oxygen atoms in total. The molecule has 0 atom stereocenters. The Bertz CT molecular complexity index is 440. The quantitative estimate of drug-likeness (QED) is 0.781. The molecule has 0 aliphatic heterocycles. The van der Waals surface area contributed by atoms with Crippen LogP contribution in [0.25, 0.3) is 0 Å². The first-order valence-electron chi connectivity index (χ1n) is 6.86. The number of hydrogen-bond acceptors (Lipinski definition) is 2. The molecule has 1 aliphatic carbocycles. The average Bonchev–Trinajstić information content (AvgIpc) is 2.86. The third-order valence-corrected chi connectivity index (χ3v) is 3.90. The summed E-state index contributed by atoms with van der Waals surface area (Å²) in [6.07, 6.45) is 4.27. The summed E-state index contributed by atoms with van der Waals surface area (Å²) in [5.41, 5.74) is 1.80. The number of benzene rings is 1. The summed E-state index contributed by atoms with van der Waals surface area (Å²) >= 11 is 0. The van der Waals surface area contributed by atoms with Gasteiger partial charge < -0.3 is 15.7 Å². The molecule has 0 saturated heterocycles. The normalized spacial score (nSPS) is 17.2. The van der Waals surface area contributed by atoms with E-state index in [-0.39, 0.29) is 18.1 Å². The molecule has 1 saturated carbocycles. The zero-order valence-electron chi connectivity index (χ0n) is 11.4. The molecule has 4 heteroatoms. The highest BCUT2D eigenvalue weighted by Gasteiger charge is 2.33. The maximum Gasteiger partial charge on any atom is 0.319 e. The van der Waals surface area contributed by atoms with E-state index in [1.165, 1.54) is 0 Å². The van der Waals surface area contributed by atoms with Crippen molar-refractivity contribution >= 4 is 11.7 Å². The van der Waals surface area contributed by atoms with Crippen molar-refractivity contribution in [1.29, 1.82) is 0 Å². The largest absolute Gasteiger partial charge is 0.396 e. The van der Waals surface area contributed by atoms with Crippen LogP contribution in [0.1, 0.15) is 31.2 Å². The van der Waals surface area contributed by atoms with Crippen LogP contribution in [0.3, 0.4) is 0 Å². The predicted molar refractivity (Wildman–Crippen MR) is 76.2 cm³/mol. The molecule has 104 valence electrons. The molecule has 1 aliphatic rings. The molecule has 0 bridgehead atoms. The lowest BCUT2D eigenvalue weighted by molar-refractivity contribution is 0.130. The van der Waals surface area contributed by atoms with Crippen LogP contribution in [0, 0.1) is 12.3 Å². The first kappa shape index (κ1) is 13.9. The first-order chi connectivity index (χ1) is 9.13. The number of anilines is 1. The molecule has 0 unspecified atom stereocenters. The van der Waals surface area contributed by atoms with Crippen molar-refractivity contribution in [3.63, 3.8) is 0 Å². The van der Waals surface area contributed by atoms with Crippen molar-refractivity contribution in [3.8, 4) is 0 Å². The van der Waals surface area contributed by atoms with Crippen LogP contribution in [0.4, 0.5) is 10.5 Å². The molecule has 2 rings (SSSR count). The number of urea groups is 1. The number of hydrogen-bond donors (Lipinski definition) is 3. The molecular weight excluding hydrogens is 240 g/mol. The predicted octanol–water partition coefficient (Wildman–Crippen LogP) is 2.67. The van der Waals surface area contributed by atoms with Crippen molar-refractivity contribution in [3.05, 3.63) is 29.8 Å². The van der Waals surface area contributed by atoms with Crippen molar-refractivity contribution in [2.45, 2.75) is 32.6 Å². The Morgan fingerprint density at radius 2 is 2.11 bits per heavy atom. The number of aliphatic hydroxyl groups excluding tert-OH is 1. The van der Waals surface area contributed by atoms with E-state index < -0.39 is 0 Å². The Morgan fingerprint density at radius 3 is 2.74 bits per heavy atom. The van der Waals surface area contributed by atoms with Gasteiger partial charge in [-0.15, -0.1) is 0 Å². The Hall–Kier alpha value is -1.55. The third kappa shape index (κ3) is 3.70. The molecule has 19 heavy (non-hydrogen) atoms. The van der Waals surface area contributed by atoms with Gasteiger partial charge in [-0.2, -0.15) is 0 Å². The molecule has 0 spiro atoms. The first-order valence-corrected chi connectivity index (χ1v) is 6.86. The maximum atomic E-state index is 11.8. The second-order valence-corrected chi connectivity index (χ2v) is 5.54. The second-order valence-electron chi connectivity index (χ2n) is 5.54. The molecule has 0 radical (unpaired) electrons. The third-order valence-electron chi connectivity index (χ3n) is 3.90. The second kappa shape index (κ2) is 6.06. The molecule has 2 amide bonds. The number of amides is 2. The van der Waals surface area contributed by atoms with Gasteiger partial charge in [-0.1, -0.05) is 25.0 Å². The van der Waals surface area contributed by atoms with Gasteiger partial charge in [0, 0.05) is 17.6 Å². The zero-order chi connectivity index (χ0) is 13.7. The van der Waals surface area contributed by atoms with Gasteiger partial charge in [-0.3, -0.25) is 0 Å². The minimum Gasteiger partial charge on any atom is -0.396 e. The summed E-state index contributed by atoms with van der Waals surface area (Å²) in [5.74, 6) is 0. The molecule has 0 heterocycles. The van der Waals surface area contributed by atoms with Gasteiger partial charge >= 0.3 is 6.03 Å². The Morgan fingerprint density at radius 1 is 1.37 bits per heavy atom. The summed E-state index contributed by atoms with van der Waals surface area (Å²) in [6, 6.07) is 7.49. The van der Waals surface area contributed by atoms with Crippen LogP contribution in [-0.2, 0) is 0 Å². The van der Waals surface area contributed by atoms with E-state index in [9.17, 15) is 9.90 Å². The van der Waals surface area contributed by atoms with Crippen LogP contribution in [0.2, 0.25) is 0 Å². The zero-order valence-corrected chi connectivity index (χ0v) is 11.4. The van der Waals surface area contributed by atoms with Crippen molar-refractivity contribution in [2.75, 3.05) is 18.5 Å². The fourth-order valence-electron chi connectivity index (χ4n) is 2.68. The number of aryl methyl sites for hydroxylation is 1. The number of carbonyl (C=O) groups is 1. The van der Waals surface area contributed by atoms with E-state index in [4.69, 9.17) is 0 Å². The average molecular weight is 262 g/mol. The number of carbonyl (C=O) groups excluding carboxylic acids is 1. The summed E-state index contributed by atoms with van der Waals surface area (Å²) in [6.45, 7) is 2.68. The highest BCUT2D eigenvalue weighted by molar-refractivity contribution is 5.89. The minimum atomic E-state index is -0.203. The SMILES string of the molecule is Cc1cccc(NC(=O)NCC2(CO)CCCC2)c1. The van der Waals surface area contributed by atoms with E-state index in [0.717, 1.165) is 36.9 Å². The Kier molecular flexibility index (Phi) is 4.43. The topological polar surface area (TPSA) is 61.4 Å². The minimum absolute atomic E-state index is 0.107. The Labute approximate surface area is 114 Å². The number of rotatable bonds is 4. The summed E-state index contributed by atoms with van der Waals surface area (Å²) < 4.78 is 0. The van der Waals surface area contributed by atoms with Crippen molar-refractivity contribution in [1.82, 2.24) is 5.32 Å². The lowest BCUT2D eigenvalue weighted by atomic mass is 9.87. The van der Waals surface area contributed by atoms with Gasteiger partial charge in [0.25, 0.3) is 0 Å². The van der Waals surface area contributed by atoms with Crippen LogP contribution < -0.4 is 10.6 Å². The van der Waals surface area contributed by atoms with Gasteiger partial charge in [0.05, 0.1) is 6.61 Å². The van der Waals surface area contributed by atoms with E-state index in [1.54, 1.807) is 0 Å². The van der Waals surface area contributed by atoms with Crippen molar-refractivity contribution < 1.29 is 9.90 Å². The molecule has 1 aromatic carbocycles. The lowest BCUT2D eigenvalue weighted by Gasteiger charge is -2.26. The summed E-state index contributed by atoms with van der Waals surface area (Å²) in [7, 11) is 0. The van der Waals surface area contributed by atoms with Gasteiger partial charge in [-0.05, 0) is 37.5 Å². The molecule has 3 N–H and O–H groups in total. The maximum absolute atomic E-state index is 11.8. The van der Waals surface area contributed by atoms with Gasteiger partial charge in [0.15, 0.2) is 0 Å². The molecular formula is C15H22N2O2. The lowest BCUT2D eigenvalue weighted by Crippen LogP contribution is -2.40. The van der Waals surface area contributed by atoms with Gasteiger partial charge in [0.2, 0.25) is 0 Å². The van der Waals surface area contributed by atoms with Crippen LogP contribution in [0.5, 0.6) is 0 Å². The molecule has 0 aromatic heterocycles. The number of aliphatic hydroxyl groups is 1. The van der Waals surface area contributed by atoms with Crippen LogP contribution in [0.15, 0.2) is 24.3 Å². The van der Waals surface area contributed by atoms with E-state index in [2.05, 4.69) is 10.6 Å². The smallest absolute Gasteiger partial charge is 0.319 e. The fourth-order valence-corrected chi connectivity index (χ4v) is 2.68. The standard InChI is InChI=1S/C15H22N2O2/c1-12-5-4-6-13(9-12)17-14(19)16-10-15(11-18)7-2-3-8-15/h4-6,9,18H,2-3,7-8,10-11H2,1H3,(H2,16,17,19). The fraction of sp³-hybridized carbons (Fsp3) is 0.533. The monoisotopic (exact) mass is 262 g/mol. The van der Waals surface area contributed by atoms with E-state index >= 15 is 0 Å². The van der Waals surface area contributed by atoms with Gasteiger partial charge in [0.1, 0.15) is 0 Å². The highest BCUT2D eigenvalue weighted by Crippen LogP contribution is 2.36. The summed E-state index contributed by atoms with van der Waals surface area (Å²) in [5, 5.41) is 15.2. The van der Waals surface area contributed by atoms with Crippen molar-refractivity contribution in [2.24, 2.45) is 5.41 Å².